The minimum atomic E-state index is -0.306. The van der Waals surface area contributed by atoms with Crippen molar-refractivity contribution in [2.75, 3.05) is 11.9 Å². The number of hydrogen-bond donors (Lipinski definition) is 1. The molecule has 1 aromatic heterocycles. The summed E-state index contributed by atoms with van der Waals surface area (Å²) >= 11 is 0. The lowest BCUT2D eigenvalue weighted by Gasteiger charge is -2.08. The molecule has 0 amide bonds. The summed E-state index contributed by atoms with van der Waals surface area (Å²) in [6, 6.07) is 28.7. The second-order valence-electron chi connectivity index (χ2n) is 6.37. The van der Waals surface area contributed by atoms with Crippen molar-refractivity contribution >= 4 is 11.9 Å². The Hall–Kier alpha value is -3.93. The molecule has 0 fully saturated rings. The van der Waals surface area contributed by atoms with Crippen molar-refractivity contribution < 1.29 is 9.53 Å². The van der Waals surface area contributed by atoms with E-state index in [-0.39, 0.29) is 12.5 Å². The summed E-state index contributed by atoms with van der Waals surface area (Å²) in [6.07, 6.45) is 0. The Morgan fingerprint density at radius 1 is 0.862 bits per heavy atom. The third-order valence-corrected chi connectivity index (χ3v) is 4.27. The van der Waals surface area contributed by atoms with Gasteiger partial charge in [0, 0.05) is 12.1 Å². The van der Waals surface area contributed by atoms with Gasteiger partial charge in [-0.2, -0.15) is 9.67 Å². The summed E-state index contributed by atoms with van der Waals surface area (Å²) in [6.45, 7) is 0.391. The molecule has 4 rings (SSSR count). The number of hydrogen-bond acceptors (Lipinski definition) is 5. The molecule has 0 bridgehead atoms. The molecule has 29 heavy (non-hydrogen) atoms. The normalized spacial score (nSPS) is 10.5. The van der Waals surface area contributed by atoms with Crippen LogP contribution < -0.4 is 10.1 Å². The molecule has 1 N–H and O–H groups in total. The van der Waals surface area contributed by atoms with E-state index in [2.05, 4.69) is 15.4 Å². The summed E-state index contributed by atoms with van der Waals surface area (Å²) in [5, 5.41) is 7.63. The Balaban J connectivity index is 1.56. The third kappa shape index (κ3) is 4.68. The molecule has 0 aliphatic rings. The number of rotatable bonds is 7. The fourth-order valence-corrected chi connectivity index (χ4v) is 2.81. The summed E-state index contributed by atoms with van der Waals surface area (Å²) in [5.74, 6) is 1.19. The predicted molar refractivity (Wildman–Crippen MR) is 112 cm³/mol. The van der Waals surface area contributed by atoms with Gasteiger partial charge < -0.3 is 10.1 Å². The van der Waals surface area contributed by atoms with Crippen LogP contribution in [-0.4, -0.2) is 27.3 Å². The van der Waals surface area contributed by atoms with Crippen molar-refractivity contribution in [2.24, 2.45) is 0 Å². The topological polar surface area (TPSA) is 69.0 Å². The van der Waals surface area contributed by atoms with Gasteiger partial charge >= 0.3 is 0 Å². The fraction of sp³-hybridized carbons (Fsp3) is 0.0870. The first-order chi connectivity index (χ1) is 14.3. The lowest BCUT2D eigenvalue weighted by molar-refractivity contribution is 0.0824. The zero-order valence-electron chi connectivity index (χ0n) is 15.7. The number of carbonyl (C=O) groups is 1. The molecule has 6 nitrogen and oxygen atoms in total. The SMILES string of the molecule is O=C(COc1ccccc1)n1nc(-c2ccccc2)nc1NCc1ccccc1. The molecule has 3 aromatic carbocycles. The lowest BCUT2D eigenvalue weighted by Crippen LogP contribution is -2.22. The molecule has 0 unspecified atom stereocenters. The predicted octanol–water partition coefficient (Wildman–Crippen LogP) is 4.28. The molecule has 0 aliphatic carbocycles. The van der Waals surface area contributed by atoms with Crippen molar-refractivity contribution in [3.8, 4) is 17.1 Å². The molecule has 6 heteroatoms. The average Bonchev–Trinajstić information content (AvgIpc) is 3.22. The van der Waals surface area contributed by atoms with Gasteiger partial charge in [-0.05, 0) is 17.7 Å². The highest BCUT2D eigenvalue weighted by Crippen LogP contribution is 2.18. The van der Waals surface area contributed by atoms with Crippen LogP contribution in [0.3, 0.4) is 0 Å². The van der Waals surface area contributed by atoms with Crippen LogP contribution in [0.1, 0.15) is 10.4 Å². The van der Waals surface area contributed by atoms with Crippen molar-refractivity contribution in [1.29, 1.82) is 0 Å². The van der Waals surface area contributed by atoms with Gasteiger partial charge in [-0.25, -0.2) is 0 Å². The molecular formula is C23H20N4O2. The second kappa shape index (κ2) is 8.84. The van der Waals surface area contributed by atoms with Gasteiger partial charge in [0.1, 0.15) is 5.75 Å². The molecule has 0 spiro atoms. The standard InChI is InChI=1S/C23H20N4O2/c28-21(17-29-20-14-8-3-9-15-20)27-23(24-16-18-10-4-1-5-11-18)25-22(26-27)19-12-6-2-7-13-19/h1-15H,16-17H2,(H,24,25,26). The van der Waals surface area contributed by atoms with E-state index in [4.69, 9.17) is 4.74 Å². The summed E-state index contributed by atoms with van der Waals surface area (Å²) in [5.41, 5.74) is 1.92. The van der Waals surface area contributed by atoms with Crippen molar-refractivity contribution in [2.45, 2.75) is 6.54 Å². The van der Waals surface area contributed by atoms with Gasteiger partial charge in [-0.15, -0.1) is 5.10 Å². The van der Waals surface area contributed by atoms with Crippen LogP contribution in [0.2, 0.25) is 0 Å². The average molecular weight is 384 g/mol. The molecular weight excluding hydrogens is 364 g/mol. The van der Waals surface area contributed by atoms with Gasteiger partial charge in [0.15, 0.2) is 12.4 Å². The minimum Gasteiger partial charge on any atom is -0.484 e. The zero-order chi connectivity index (χ0) is 19.9. The zero-order valence-corrected chi connectivity index (χ0v) is 15.7. The van der Waals surface area contributed by atoms with Gasteiger partial charge in [-0.1, -0.05) is 78.9 Å². The van der Waals surface area contributed by atoms with Crippen LogP contribution in [-0.2, 0) is 6.54 Å². The van der Waals surface area contributed by atoms with E-state index in [0.717, 1.165) is 11.1 Å². The first-order valence-electron chi connectivity index (χ1n) is 9.31. The largest absolute Gasteiger partial charge is 0.484 e. The number of ether oxygens (including phenoxy) is 1. The molecule has 0 aliphatic heterocycles. The molecule has 0 atom stereocenters. The smallest absolute Gasteiger partial charge is 0.287 e. The lowest BCUT2D eigenvalue weighted by atomic mass is 10.2. The van der Waals surface area contributed by atoms with E-state index in [1.807, 2.05) is 78.9 Å². The van der Waals surface area contributed by atoms with Crippen LogP contribution in [0, 0.1) is 0 Å². The Morgan fingerprint density at radius 3 is 2.17 bits per heavy atom. The Bertz CT molecular complexity index is 1060. The number of benzene rings is 3. The van der Waals surface area contributed by atoms with E-state index in [0.29, 0.717) is 24.1 Å². The highest BCUT2D eigenvalue weighted by molar-refractivity contribution is 5.82. The van der Waals surface area contributed by atoms with Crippen molar-refractivity contribution in [3.63, 3.8) is 0 Å². The highest BCUT2D eigenvalue weighted by atomic mass is 16.5. The maximum absolute atomic E-state index is 12.8. The number of anilines is 1. The number of nitrogens with zero attached hydrogens (tertiary/aromatic N) is 3. The third-order valence-electron chi connectivity index (χ3n) is 4.27. The molecule has 144 valence electrons. The van der Waals surface area contributed by atoms with Crippen LogP contribution in [0.5, 0.6) is 5.75 Å². The quantitative estimate of drug-likeness (QED) is 0.515. The van der Waals surface area contributed by atoms with Gasteiger partial charge in [0.25, 0.3) is 5.91 Å². The van der Waals surface area contributed by atoms with E-state index in [1.54, 1.807) is 12.1 Å². The first-order valence-corrected chi connectivity index (χ1v) is 9.31. The Morgan fingerprint density at radius 2 is 1.48 bits per heavy atom. The van der Waals surface area contributed by atoms with E-state index < -0.39 is 0 Å². The van der Waals surface area contributed by atoms with Gasteiger partial charge in [0.2, 0.25) is 5.95 Å². The second-order valence-corrected chi connectivity index (χ2v) is 6.37. The molecule has 1 heterocycles. The van der Waals surface area contributed by atoms with Crippen LogP contribution in [0.25, 0.3) is 11.4 Å². The maximum atomic E-state index is 12.8. The molecule has 0 radical (unpaired) electrons. The van der Waals surface area contributed by atoms with Crippen molar-refractivity contribution in [1.82, 2.24) is 14.8 Å². The Labute approximate surface area is 168 Å². The first kappa shape index (κ1) is 18.4. The monoisotopic (exact) mass is 384 g/mol. The maximum Gasteiger partial charge on any atom is 0.287 e. The van der Waals surface area contributed by atoms with Gasteiger partial charge in [0.05, 0.1) is 0 Å². The molecule has 0 saturated carbocycles. The van der Waals surface area contributed by atoms with Crippen molar-refractivity contribution in [3.05, 3.63) is 96.6 Å². The van der Waals surface area contributed by atoms with E-state index in [9.17, 15) is 4.79 Å². The van der Waals surface area contributed by atoms with Crippen LogP contribution >= 0.6 is 0 Å². The number of aromatic nitrogens is 3. The fourth-order valence-electron chi connectivity index (χ4n) is 2.81. The molecule has 4 aromatic rings. The number of nitrogens with one attached hydrogen (secondary N) is 1. The number of para-hydroxylation sites is 1. The van der Waals surface area contributed by atoms with Gasteiger partial charge in [-0.3, -0.25) is 4.79 Å². The van der Waals surface area contributed by atoms with E-state index >= 15 is 0 Å². The minimum absolute atomic E-state index is 0.137. The highest BCUT2D eigenvalue weighted by Gasteiger charge is 2.17. The van der Waals surface area contributed by atoms with Crippen LogP contribution in [0.4, 0.5) is 5.95 Å². The summed E-state index contributed by atoms with van der Waals surface area (Å²) < 4.78 is 6.86. The number of carbonyl (C=O) groups excluding carboxylic acids is 1. The summed E-state index contributed by atoms with van der Waals surface area (Å²) in [4.78, 5) is 17.3. The molecule has 0 saturated heterocycles. The Kier molecular flexibility index (Phi) is 5.62. The van der Waals surface area contributed by atoms with Crippen LogP contribution in [0.15, 0.2) is 91.0 Å². The summed E-state index contributed by atoms with van der Waals surface area (Å²) in [7, 11) is 0. The van der Waals surface area contributed by atoms with E-state index in [1.165, 1.54) is 4.68 Å².